The number of sulfonamides is 1. The summed E-state index contributed by atoms with van der Waals surface area (Å²) in [6.07, 6.45) is 1.37. The molecule has 2 rings (SSSR count). The number of carbonyl (C=O) groups excluding carboxylic acids is 1. The van der Waals surface area contributed by atoms with E-state index in [0.29, 0.717) is 37.3 Å². The van der Waals surface area contributed by atoms with E-state index in [-0.39, 0.29) is 36.9 Å². The fourth-order valence-electron chi connectivity index (χ4n) is 3.27. The quantitative estimate of drug-likeness (QED) is 0.602. The van der Waals surface area contributed by atoms with Gasteiger partial charge in [0.15, 0.2) is 0 Å². The maximum Gasteiger partial charge on any atom is 0.224 e. The van der Waals surface area contributed by atoms with Crippen LogP contribution in [0.5, 0.6) is 0 Å². The molecule has 1 aliphatic rings. The number of carbonyl (C=O) groups is 1. The van der Waals surface area contributed by atoms with Crippen LogP contribution in [0.1, 0.15) is 53.9 Å². The molecule has 1 heterocycles. The molecule has 0 saturated carbocycles. The number of amides is 1. The van der Waals surface area contributed by atoms with Gasteiger partial charge in [0.1, 0.15) is 5.82 Å². The molecule has 1 saturated heterocycles. The highest BCUT2D eigenvalue weighted by Gasteiger charge is 2.28. The average molecular weight is 444 g/mol. The van der Waals surface area contributed by atoms with Gasteiger partial charge in [0.25, 0.3) is 0 Å². The number of nitrogens with one attached hydrogen (secondary N) is 2. The van der Waals surface area contributed by atoms with Crippen LogP contribution in [-0.2, 0) is 19.6 Å². The number of hydrogen-bond acceptors (Lipinski definition) is 5. The van der Waals surface area contributed by atoms with E-state index < -0.39 is 14.8 Å². The Morgan fingerprint density at radius 2 is 1.83 bits per heavy atom. The van der Waals surface area contributed by atoms with E-state index in [2.05, 4.69) is 10.0 Å². The van der Waals surface area contributed by atoms with E-state index in [1.54, 1.807) is 32.9 Å². The number of hydrogen-bond donors (Lipinski definition) is 2. The van der Waals surface area contributed by atoms with Gasteiger partial charge in [-0.2, -0.15) is 0 Å². The van der Waals surface area contributed by atoms with E-state index in [4.69, 9.17) is 4.74 Å². The zero-order valence-corrected chi connectivity index (χ0v) is 19.3. The second-order valence-electron chi connectivity index (χ2n) is 8.84. The topological polar surface area (TPSA) is 87.7 Å². The van der Waals surface area contributed by atoms with Gasteiger partial charge >= 0.3 is 0 Å². The smallest absolute Gasteiger partial charge is 0.224 e. The first-order chi connectivity index (χ1) is 13.9. The summed E-state index contributed by atoms with van der Waals surface area (Å²) in [5.41, 5.74) is 0.908. The van der Waals surface area contributed by atoms with Gasteiger partial charge in [-0.05, 0) is 65.7 Å². The summed E-state index contributed by atoms with van der Waals surface area (Å²) in [6.45, 7) is 10.3. The lowest BCUT2D eigenvalue weighted by molar-refractivity contribution is -0.116. The molecule has 0 radical (unpaired) electrons. The molecule has 1 amide bonds. The van der Waals surface area contributed by atoms with E-state index >= 15 is 0 Å². The molecule has 30 heavy (non-hydrogen) atoms. The van der Waals surface area contributed by atoms with Crippen molar-refractivity contribution in [2.75, 3.05) is 29.9 Å². The minimum atomic E-state index is -3.38. The third-order valence-corrected chi connectivity index (χ3v) is 7.12. The minimum Gasteiger partial charge on any atom is -0.372 e. The molecule has 1 fully saturated rings. The van der Waals surface area contributed by atoms with Crippen molar-refractivity contribution >= 4 is 27.3 Å². The van der Waals surface area contributed by atoms with Crippen LogP contribution in [0.4, 0.5) is 15.8 Å². The Kier molecular flexibility index (Phi) is 8.24. The average Bonchev–Trinajstić information content (AvgIpc) is 2.59. The van der Waals surface area contributed by atoms with E-state index in [1.807, 2.05) is 18.7 Å². The molecule has 0 aromatic heterocycles. The lowest BCUT2D eigenvalue weighted by Gasteiger charge is -2.37. The molecule has 1 aromatic rings. The zero-order chi connectivity index (χ0) is 22.5. The Hall–Kier alpha value is -1.71. The predicted molar refractivity (Wildman–Crippen MR) is 118 cm³/mol. The molecular formula is C21H34FN3O4S. The molecule has 1 aromatic carbocycles. The van der Waals surface area contributed by atoms with Crippen LogP contribution in [0.2, 0.25) is 0 Å². The lowest BCUT2D eigenvalue weighted by Crippen LogP contribution is -2.45. The van der Waals surface area contributed by atoms with Crippen LogP contribution in [0.3, 0.4) is 0 Å². The molecule has 9 heteroatoms. The van der Waals surface area contributed by atoms with Gasteiger partial charge in [-0.1, -0.05) is 0 Å². The maximum atomic E-state index is 14.6. The first-order valence-electron chi connectivity index (χ1n) is 10.4. The second-order valence-corrected chi connectivity index (χ2v) is 11.4. The molecule has 0 unspecified atom stereocenters. The SMILES string of the molecule is C[C@@H]1CN(c2ccc(NC(=O)CCCCNS(=O)(=O)C(C)(C)C)cc2F)C[C@H](C)O1. The van der Waals surface area contributed by atoms with Crippen molar-refractivity contribution in [3.63, 3.8) is 0 Å². The van der Waals surface area contributed by atoms with Gasteiger partial charge in [-0.25, -0.2) is 17.5 Å². The Bertz CT molecular complexity index is 829. The fourth-order valence-corrected chi connectivity index (χ4v) is 4.12. The highest BCUT2D eigenvalue weighted by molar-refractivity contribution is 7.90. The standard InChI is InChI=1S/C21H34FN3O4S/c1-15-13-25(14-16(2)29-15)19-10-9-17(12-18(19)22)24-20(26)8-6-7-11-23-30(27,28)21(3,4)5/h9-10,12,15-16,23H,6-8,11,13-14H2,1-5H3,(H,24,26)/t15-,16+. The Labute approximate surface area is 179 Å². The van der Waals surface area contributed by atoms with Gasteiger partial charge in [-0.15, -0.1) is 0 Å². The van der Waals surface area contributed by atoms with Gasteiger partial charge in [0.2, 0.25) is 15.9 Å². The largest absolute Gasteiger partial charge is 0.372 e. The van der Waals surface area contributed by atoms with Crippen LogP contribution >= 0.6 is 0 Å². The van der Waals surface area contributed by atoms with E-state index in [9.17, 15) is 17.6 Å². The van der Waals surface area contributed by atoms with Gasteiger partial charge < -0.3 is 15.0 Å². The Morgan fingerprint density at radius 3 is 2.40 bits per heavy atom. The number of morpholine rings is 1. The molecule has 0 bridgehead atoms. The minimum absolute atomic E-state index is 0.0282. The highest BCUT2D eigenvalue weighted by Crippen LogP contribution is 2.26. The van der Waals surface area contributed by atoms with Crippen LogP contribution in [0.25, 0.3) is 0 Å². The second kappa shape index (κ2) is 10.1. The van der Waals surface area contributed by atoms with Crippen molar-refractivity contribution in [3.05, 3.63) is 24.0 Å². The number of anilines is 2. The first-order valence-corrected chi connectivity index (χ1v) is 11.9. The number of rotatable bonds is 8. The molecule has 0 spiro atoms. The number of benzene rings is 1. The molecule has 0 aliphatic carbocycles. The summed E-state index contributed by atoms with van der Waals surface area (Å²) >= 11 is 0. The molecule has 1 aliphatic heterocycles. The number of unbranched alkanes of at least 4 members (excludes halogenated alkanes) is 1. The zero-order valence-electron chi connectivity index (χ0n) is 18.5. The predicted octanol–water partition coefficient (Wildman–Crippen LogP) is 3.27. The highest BCUT2D eigenvalue weighted by atomic mass is 32.2. The summed E-state index contributed by atoms with van der Waals surface area (Å²) in [5, 5.41) is 2.70. The number of ether oxygens (including phenoxy) is 1. The van der Waals surface area contributed by atoms with Crippen LogP contribution in [0, 0.1) is 5.82 Å². The van der Waals surface area contributed by atoms with Gasteiger partial charge in [-0.3, -0.25) is 4.79 Å². The van der Waals surface area contributed by atoms with Gasteiger partial charge in [0.05, 0.1) is 22.6 Å². The van der Waals surface area contributed by atoms with Gasteiger partial charge in [0, 0.05) is 31.7 Å². The number of halogens is 1. The van der Waals surface area contributed by atoms with Crippen molar-refractivity contribution in [2.45, 2.75) is 70.8 Å². The summed E-state index contributed by atoms with van der Waals surface area (Å²) in [4.78, 5) is 14.1. The molecular weight excluding hydrogens is 409 g/mol. The van der Waals surface area contributed by atoms with Crippen molar-refractivity contribution < 1.29 is 22.3 Å². The summed E-state index contributed by atoms with van der Waals surface area (Å²) in [6, 6.07) is 4.70. The third-order valence-electron chi connectivity index (χ3n) is 4.92. The van der Waals surface area contributed by atoms with Crippen LogP contribution < -0.4 is 14.9 Å². The Morgan fingerprint density at radius 1 is 1.20 bits per heavy atom. The summed E-state index contributed by atoms with van der Waals surface area (Å²) < 4.78 is 45.9. The molecule has 2 N–H and O–H groups in total. The van der Waals surface area contributed by atoms with Crippen molar-refractivity contribution in [2.24, 2.45) is 0 Å². The van der Waals surface area contributed by atoms with Crippen molar-refractivity contribution in [1.82, 2.24) is 4.72 Å². The normalized spacial score (nSPS) is 20.3. The first kappa shape index (κ1) is 24.6. The van der Waals surface area contributed by atoms with Crippen LogP contribution in [-0.4, -0.2) is 50.9 Å². The summed E-state index contributed by atoms with van der Waals surface area (Å²) in [5.74, 6) is -0.611. The lowest BCUT2D eigenvalue weighted by atomic mass is 10.1. The molecule has 2 atom stereocenters. The molecule has 7 nitrogen and oxygen atoms in total. The van der Waals surface area contributed by atoms with E-state index in [0.717, 1.165) is 0 Å². The van der Waals surface area contributed by atoms with E-state index in [1.165, 1.54) is 6.07 Å². The third kappa shape index (κ3) is 6.92. The van der Waals surface area contributed by atoms with Crippen molar-refractivity contribution in [1.29, 1.82) is 0 Å². The fraction of sp³-hybridized carbons (Fsp3) is 0.667. The van der Waals surface area contributed by atoms with Crippen molar-refractivity contribution in [3.8, 4) is 0 Å². The monoisotopic (exact) mass is 443 g/mol. The maximum absolute atomic E-state index is 14.6. The summed E-state index contributed by atoms with van der Waals surface area (Å²) in [7, 11) is -3.38. The molecule has 170 valence electrons. The number of nitrogens with zero attached hydrogens (tertiary/aromatic N) is 1. The van der Waals surface area contributed by atoms with Crippen LogP contribution in [0.15, 0.2) is 18.2 Å². The Balaban J connectivity index is 1.80.